The lowest BCUT2D eigenvalue weighted by Gasteiger charge is -2.07. The van der Waals surface area contributed by atoms with Crippen LogP contribution in [0, 0.1) is 0 Å². The average molecular weight is 205 g/mol. The number of hydrogen-bond acceptors (Lipinski definition) is 2. The van der Waals surface area contributed by atoms with E-state index in [4.69, 9.17) is 4.74 Å². The van der Waals surface area contributed by atoms with E-state index in [9.17, 15) is 0 Å². The average Bonchev–Trinajstić information content (AvgIpc) is 2.24. The number of rotatable bonds is 6. The molecule has 0 aliphatic heterocycles. The summed E-state index contributed by atoms with van der Waals surface area (Å²) in [5.74, 6) is 0.923. The monoisotopic (exact) mass is 205 g/mol. The third-order valence-electron chi connectivity index (χ3n) is 2.05. The lowest BCUT2D eigenvalue weighted by molar-refractivity contribution is 0.352. The zero-order chi connectivity index (χ0) is 11.1. The maximum absolute atomic E-state index is 5.57. The van der Waals surface area contributed by atoms with Crippen molar-refractivity contribution in [3.8, 4) is 5.75 Å². The highest BCUT2D eigenvalue weighted by Gasteiger charge is 1.96. The third kappa shape index (κ3) is 4.66. The van der Waals surface area contributed by atoms with Crippen LogP contribution in [-0.4, -0.2) is 20.2 Å². The normalized spacial score (nSPS) is 10.0. The summed E-state index contributed by atoms with van der Waals surface area (Å²) >= 11 is 0. The zero-order valence-corrected chi connectivity index (χ0v) is 9.55. The third-order valence-corrected chi connectivity index (χ3v) is 2.05. The van der Waals surface area contributed by atoms with E-state index in [-0.39, 0.29) is 0 Å². The van der Waals surface area contributed by atoms with Crippen LogP contribution < -0.4 is 10.1 Å². The Hall–Kier alpha value is -1.28. The Balaban J connectivity index is 2.53. The van der Waals surface area contributed by atoms with Crippen molar-refractivity contribution in [3.63, 3.8) is 0 Å². The molecule has 0 heterocycles. The summed E-state index contributed by atoms with van der Waals surface area (Å²) in [7, 11) is 1.96. The maximum atomic E-state index is 5.57. The van der Waals surface area contributed by atoms with E-state index in [1.54, 1.807) is 0 Å². The van der Waals surface area contributed by atoms with E-state index in [0.29, 0.717) is 6.61 Å². The van der Waals surface area contributed by atoms with Crippen molar-refractivity contribution in [2.24, 2.45) is 0 Å². The fourth-order valence-electron chi connectivity index (χ4n) is 1.27. The summed E-state index contributed by atoms with van der Waals surface area (Å²) in [6, 6.07) is 8.20. The highest BCUT2D eigenvalue weighted by molar-refractivity contribution is 5.29. The van der Waals surface area contributed by atoms with Gasteiger partial charge in [-0.2, -0.15) is 0 Å². The lowest BCUT2D eigenvalue weighted by atomic mass is 10.1. The molecular weight excluding hydrogens is 186 g/mol. The fraction of sp³-hybridized carbons (Fsp3) is 0.385. The molecule has 1 aromatic rings. The van der Waals surface area contributed by atoms with Gasteiger partial charge in [0.15, 0.2) is 0 Å². The summed E-state index contributed by atoms with van der Waals surface area (Å²) in [5, 5.41) is 3.13. The number of benzene rings is 1. The molecule has 0 aliphatic rings. The van der Waals surface area contributed by atoms with Crippen LogP contribution in [0.5, 0.6) is 5.75 Å². The van der Waals surface area contributed by atoms with Crippen LogP contribution in [0.15, 0.2) is 36.4 Å². The lowest BCUT2D eigenvalue weighted by Crippen LogP contribution is -2.10. The molecule has 1 aromatic carbocycles. The highest BCUT2D eigenvalue weighted by atomic mass is 16.5. The van der Waals surface area contributed by atoms with Gasteiger partial charge in [0.2, 0.25) is 0 Å². The molecule has 0 saturated carbocycles. The van der Waals surface area contributed by atoms with Crippen LogP contribution in [-0.2, 0) is 6.42 Å². The molecule has 1 rings (SSSR count). The predicted molar refractivity (Wildman–Crippen MR) is 64.4 cm³/mol. The van der Waals surface area contributed by atoms with Crippen molar-refractivity contribution in [1.82, 2.24) is 5.32 Å². The fourth-order valence-corrected chi connectivity index (χ4v) is 1.27. The van der Waals surface area contributed by atoms with Crippen molar-refractivity contribution in [2.75, 3.05) is 20.2 Å². The van der Waals surface area contributed by atoms with Crippen molar-refractivity contribution in [3.05, 3.63) is 42.0 Å². The smallest absolute Gasteiger partial charge is 0.120 e. The molecule has 82 valence electrons. The van der Waals surface area contributed by atoms with Gasteiger partial charge in [-0.15, -0.1) is 0 Å². The first-order valence-electron chi connectivity index (χ1n) is 5.23. The Morgan fingerprint density at radius 1 is 1.47 bits per heavy atom. The van der Waals surface area contributed by atoms with Crippen molar-refractivity contribution in [2.45, 2.75) is 13.3 Å². The van der Waals surface area contributed by atoms with Crippen molar-refractivity contribution < 1.29 is 4.74 Å². The van der Waals surface area contributed by atoms with E-state index < -0.39 is 0 Å². The topological polar surface area (TPSA) is 21.3 Å². The summed E-state index contributed by atoms with van der Waals surface area (Å²) < 4.78 is 5.57. The molecule has 2 heteroatoms. The molecule has 2 nitrogen and oxygen atoms in total. The molecule has 15 heavy (non-hydrogen) atoms. The molecule has 1 N–H and O–H groups in total. The van der Waals surface area contributed by atoms with Crippen LogP contribution in [0.4, 0.5) is 0 Å². The minimum Gasteiger partial charge on any atom is -0.489 e. The SMILES string of the molecule is C=C(C)COc1cccc(CCNC)c1. The molecule has 0 spiro atoms. The summed E-state index contributed by atoms with van der Waals surface area (Å²) in [6.45, 7) is 7.35. The minimum absolute atomic E-state index is 0.593. The van der Waals surface area contributed by atoms with E-state index in [1.807, 2.05) is 26.1 Å². The second-order valence-electron chi connectivity index (χ2n) is 3.75. The molecular formula is C13H19NO. The molecule has 0 aromatic heterocycles. The number of nitrogens with one attached hydrogen (secondary N) is 1. The Kier molecular flexibility index (Phi) is 4.91. The second-order valence-corrected chi connectivity index (χ2v) is 3.75. The maximum Gasteiger partial charge on any atom is 0.120 e. The van der Waals surface area contributed by atoms with Crippen LogP contribution in [0.2, 0.25) is 0 Å². The van der Waals surface area contributed by atoms with Crippen molar-refractivity contribution >= 4 is 0 Å². The number of hydrogen-bond donors (Lipinski definition) is 1. The van der Waals surface area contributed by atoms with Gasteiger partial charge < -0.3 is 10.1 Å². The van der Waals surface area contributed by atoms with E-state index >= 15 is 0 Å². The van der Waals surface area contributed by atoms with Gasteiger partial charge >= 0.3 is 0 Å². The number of ether oxygens (including phenoxy) is 1. The Labute approximate surface area is 92.0 Å². The van der Waals surface area contributed by atoms with Gasteiger partial charge in [-0.3, -0.25) is 0 Å². The van der Waals surface area contributed by atoms with Gasteiger partial charge in [-0.05, 0) is 50.2 Å². The van der Waals surface area contributed by atoms with Crippen molar-refractivity contribution in [1.29, 1.82) is 0 Å². The molecule has 0 aliphatic carbocycles. The van der Waals surface area contributed by atoms with Crippen LogP contribution >= 0.6 is 0 Å². The Bertz CT molecular complexity index is 320. The van der Waals surface area contributed by atoms with Gasteiger partial charge in [-0.1, -0.05) is 18.7 Å². The second kappa shape index (κ2) is 6.25. The minimum atomic E-state index is 0.593. The first-order chi connectivity index (χ1) is 7.22. The molecule has 0 saturated heterocycles. The van der Waals surface area contributed by atoms with Gasteiger partial charge in [0.05, 0.1) is 0 Å². The van der Waals surface area contributed by atoms with Gasteiger partial charge in [0.1, 0.15) is 12.4 Å². The Morgan fingerprint density at radius 2 is 2.27 bits per heavy atom. The summed E-state index contributed by atoms with van der Waals surface area (Å²) in [4.78, 5) is 0. The summed E-state index contributed by atoms with van der Waals surface area (Å²) in [5.41, 5.74) is 2.33. The van der Waals surface area contributed by atoms with E-state index in [0.717, 1.165) is 24.3 Å². The molecule has 0 fully saturated rings. The number of likely N-dealkylation sites (N-methyl/N-ethyl adjacent to an activating group) is 1. The van der Waals surface area contributed by atoms with E-state index in [1.165, 1.54) is 5.56 Å². The quantitative estimate of drug-likeness (QED) is 0.720. The highest BCUT2D eigenvalue weighted by Crippen LogP contribution is 2.14. The molecule has 0 amide bonds. The van der Waals surface area contributed by atoms with Crippen LogP contribution in [0.1, 0.15) is 12.5 Å². The summed E-state index contributed by atoms with van der Waals surface area (Å²) in [6.07, 6.45) is 1.03. The largest absolute Gasteiger partial charge is 0.489 e. The van der Waals surface area contributed by atoms with Gasteiger partial charge in [0.25, 0.3) is 0 Å². The molecule has 0 unspecified atom stereocenters. The van der Waals surface area contributed by atoms with Crippen LogP contribution in [0.3, 0.4) is 0 Å². The molecule has 0 radical (unpaired) electrons. The van der Waals surface area contributed by atoms with Gasteiger partial charge in [-0.25, -0.2) is 0 Å². The molecule has 0 atom stereocenters. The first kappa shape index (κ1) is 11.8. The standard InChI is InChI=1S/C13H19NO/c1-11(2)10-15-13-6-4-5-12(9-13)7-8-14-3/h4-6,9,14H,1,7-8,10H2,2-3H3. The first-order valence-corrected chi connectivity index (χ1v) is 5.23. The van der Waals surface area contributed by atoms with Crippen LogP contribution in [0.25, 0.3) is 0 Å². The Morgan fingerprint density at radius 3 is 2.93 bits per heavy atom. The predicted octanol–water partition coefficient (Wildman–Crippen LogP) is 2.40. The van der Waals surface area contributed by atoms with Gasteiger partial charge in [0, 0.05) is 0 Å². The van der Waals surface area contributed by atoms with E-state index in [2.05, 4.69) is 24.0 Å². The molecule has 0 bridgehead atoms. The zero-order valence-electron chi connectivity index (χ0n) is 9.55.